The molecule has 0 saturated carbocycles. The molecule has 0 bridgehead atoms. The van der Waals surface area contributed by atoms with Gasteiger partial charge in [-0.3, -0.25) is 0 Å². The van der Waals surface area contributed by atoms with Gasteiger partial charge in [-0.05, 0) is 76.0 Å². The topological polar surface area (TPSA) is 43.6 Å². The van der Waals surface area contributed by atoms with Crippen LogP contribution >= 0.6 is 0 Å². The molecule has 0 amide bonds. The largest absolute Gasteiger partial charge is 0.324 e. The molecule has 0 fully saturated rings. The van der Waals surface area contributed by atoms with Crippen molar-refractivity contribution in [3.8, 4) is 45.0 Å². The fraction of sp³-hybridized carbons (Fsp3) is 0.0426. The average Bonchev–Trinajstić information content (AvgIpc) is 3.59. The van der Waals surface area contributed by atoms with Crippen LogP contribution in [-0.2, 0) is 6.54 Å². The smallest absolute Gasteiger partial charge is 0.141 e. The van der Waals surface area contributed by atoms with Gasteiger partial charge in [0.1, 0.15) is 5.82 Å². The highest BCUT2D eigenvalue weighted by Gasteiger charge is 2.14. The van der Waals surface area contributed by atoms with Crippen molar-refractivity contribution in [2.45, 2.75) is 13.5 Å². The predicted molar refractivity (Wildman–Crippen MR) is 213 cm³/mol. The van der Waals surface area contributed by atoms with E-state index in [0.29, 0.717) is 0 Å². The monoisotopic (exact) mass is 652 g/mol. The van der Waals surface area contributed by atoms with Crippen LogP contribution in [0.15, 0.2) is 164 Å². The number of rotatable bonds is 5. The molecule has 0 atom stereocenters. The number of para-hydroxylation sites is 2. The minimum atomic E-state index is 0.845. The summed E-state index contributed by atoms with van der Waals surface area (Å²) in [5.74, 6) is 0.970. The first-order valence-electron chi connectivity index (χ1n) is 17.5. The summed E-state index contributed by atoms with van der Waals surface area (Å²) >= 11 is 0. The molecule has 0 saturated heterocycles. The molecule has 4 heteroatoms. The standard InChI is InChI=1S/C47H32N4/c1-2-51-44-17-8-7-16-43(44)50-47(51)36-12-9-11-35(28-36)42-27-25-33-23-22-32-24-26-41(48-45(32)46(33)49-42)31-20-18-30(19-21-31)40-29-34-10-3-4-13-37(34)38-14-5-6-15-39(38)40/h3-29H,2H2,1H3. The van der Waals surface area contributed by atoms with E-state index in [-0.39, 0.29) is 0 Å². The molecule has 51 heavy (non-hydrogen) atoms. The van der Waals surface area contributed by atoms with E-state index in [1.54, 1.807) is 0 Å². The van der Waals surface area contributed by atoms with E-state index in [1.165, 1.54) is 32.7 Å². The molecular formula is C47H32N4. The zero-order chi connectivity index (χ0) is 33.9. The second-order valence-corrected chi connectivity index (χ2v) is 13.1. The normalized spacial score (nSPS) is 11.7. The predicted octanol–water partition coefficient (Wildman–Crippen LogP) is 12.1. The van der Waals surface area contributed by atoms with Crippen molar-refractivity contribution in [2.24, 2.45) is 0 Å². The van der Waals surface area contributed by atoms with Crippen LogP contribution in [0.5, 0.6) is 0 Å². The Labute approximate surface area is 295 Å². The fourth-order valence-corrected chi connectivity index (χ4v) is 7.64. The summed E-state index contributed by atoms with van der Waals surface area (Å²) in [5.41, 5.74) is 11.4. The molecule has 0 spiro atoms. The Balaban J connectivity index is 1.04. The molecule has 3 aromatic heterocycles. The van der Waals surface area contributed by atoms with Crippen LogP contribution in [0.1, 0.15) is 6.92 Å². The highest BCUT2D eigenvalue weighted by molar-refractivity contribution is 6.13. The van der Waals surface area contributed by atoms with Crippen LogP contribution in [0.2, 0.25) is 0 Å². The number of nitrogens with zero attached hydrogens (tertiary/aromatic N) is 4. The van der Waals surface area contributed by atoms with Gasteiger partial charge in [-0.1, -0.05) is 127 Å². The molecular weight excluding hydrogens is 621 g/mol. The van der Waals surface area contributed by atoms with Crippen molar-refractivity contribution in [1.82, 2.24) is 19.5 Å². The van der Waals surface area contributed by atoms with Crippen LogP contribution in [0.25, 0.3) is 99.4 Å². The maximum Gasteiger partial charge on any atom is 0.141 e. The summed E-state index contributed by atoms with van der Waals surface area (Å²) in [6.45, 7) is 3.01. The van der Waals surface area contributed by atoms with E-state index >= 15 is 0 Å². The Kier molecular flexibility index (Phi) is 6.75. The number of pyridine rings is 2. The minimum absolute atomic E-state index is 0.845. The molecule has 0 radical (unpaired) electrons. The lowest BCUT2D eigenvalue weighted by atomic mass is 9.93. The van der Waals surface area contributed by atoms with Crippen molar-refractivity contribution < 1.29 is 0 Å². The lowest BCUT2D eigenvalue weighted by molar-refractivity contribution is 0.796. The molecule has 10 rings (SSSR count). The fourth-order valence-electron chi connectivity index (χ4n) is 7.64. The number of hydrogen-bond donors (Lipinski definition) is 0. The Bertz CT molecular complexity index is 2960. The Morgan fingerprint density at radius 2 is 1.04 bits per heavy atom. The third-order valence-corrected chi connectivity index (χ3v) is 10.2. The molecule has 0 aliphatic heterocycles. The number of fused-ring (bicyclic) bond motifs is 7. The molecule has 0 aliphatic carbocycles. The number of aromatic nitrogens is 4. The maximum absolute atomic E-state index is 5.25. The third-order valence-electron chi connectivity index (χ3n) is 10.2. The van der Waals surface area contributed by atoms with E-state index in [1.807, 2.05) is 6.07 Å². The van der Waals surface area contributed by atoms with Gasteiger partial charge in [0.25, 0.3) is 0 Å². The van der Waals surface area contributed by atoms with Gasteiger partial charge in [-0.25, -0.2) is 15.0 Å². The Morgan fingerprint density at radius 1 is 0.431 bits per heavy atom. The number of aryl methyl sites for hydroxylation is 1. The molecule has 0 aliphatic rings. The maximum atomic E-state index is 5.25. The first-order valence-corrected chi connectivity index (χ1v) is 17.5. The van der Waals surface area contributed by atoms with Crippen molar-refractivity contribution in [1.29, 1.82) is 0 Å². The van der Waals surface area contributed by atoms with Gasteiger partial charge in [0.05, 0.1) is 33.5 Å². The summed E-state index contributed by atoms with van der Waals surface area (Å²) in [7, 11) is 0. The van der Waals surface area contributed by atoms with E-state index in [2.05, 4.69) is 169 Å². The second kappa shape index (κ2) is 11.7. The zero-order valence-corrected chi connectivity index (χ0v) is 28.1. The quantitative estimate of drug-likeness (QED) is 0.174. The van der Waals surface area contributed by atoms with Crippen LogP contribution in [-0.4, -0.2) is 19.5 Å². The van der Waals surface area contributed by atoms with Crippen molar-refractivity contribution >= 4 is 54.4 Å². The van der Waals surface area contributed by atoms with Gasteiger partial charge in [-0.2, -0.15) is 0 Å². The van der Waals surface area contributed by atoms with Gasteiger partial charge in [0.2, 0.25) is 0 Å². The lowest BCUT2D eigenvalue weighted by Gasteiger charge is -2.12. The molecule has 10 aromatic rings. The van der Waals surface area contributed by atoms with Gasteiger partial charge in [0, 0.05) is 34.0 Å². The van der Waals surface area contributed by atoms with E-state index in [0.717, 1.165) is 73.3 Å². The van der Waals surface area contributed by atoms with Crippen LogP contribution in [0.4, 0.5) is 0 Å². The van der Waals surface area contributed by atoms with E-state index in [9.17, 15) is 0 Å². The van der Waals surface area contributed by atoms with E-state index < -0.39 is 0 Å². The number of hydrogen-bond acceptors (Lipinski definition) is 3. The summed E-state index contributed by atoms with van der Waals surface area (Å²) in [5, 5.41) is 7.20. The van der Waals surface area contributed by atoms with Crippen molar-refractivity contribution in [3.05, 3.63) is 164 Å². The molecule has 7 aromatic carbocycles. The number of benzene rings is 7. The van der Waals surface area contributed by atoms with Gasteiger partial charge >= 0.3 is 0 Å². The zero-order valence-electron chi connectivity index (χ0n) is 28.1. The Hall–Kier alpha value is -6.65. The average molecular weight is 653 g/mol. The first kappa shape index (κ1) is 29.3. The highest BCUT2D eigenvalue weighted by Crippen LogP contribution is 2.36. The summed E-state index contributed by atoms with van der Waals surface area (Å²) in [4.78, 5) is 15.5. The molecule has 0 unspecified atom stereocenters. The van der Waals surface area contributed by atoms with Gasteiger partial charge in [-0.15, -0.1) is 0 Å². The molecule has 0 N–H and O–H groups in total. The summed E-state index contributed by atoms with van der Waals surface area (Å²) in [6.07, 6.45) is 0. The van der Waals surface area contributed by atoms with Crippen LogP contribution in [0.3, 0.4) is 0 Å². The lowest BCUT2D eigenvalue weighted by Crippen LogP contribution is -1.97. The Morgan fingerprint density at radius 3 is 1.80 bits per heavy atom. The third kappa shape index (κ3) is 4.87. The summed E-state index contributed by atoms with van der Waals surface area (Å²) in [6, 6.07) is 58.1. The van der Waals surface area contributed by atoms with Gasteiger partial charge in [0.15, 0.2) is 0 Å². The molecule has 4 nitrogen and oxygen atoms in total. The highest BCUT2D eigenvalue weighted by atomic mass is 15.1. The first-order chi connectivity index (χ1) is 25.2. The minimum Gasteiger partial charge on any atom is -0.324 e. The number of imidazole rings is 1. The van der Waals surface area contributed by atoms with Crippen LogP contribution < -0.4 is 0 Å². The van der Waals surface area contributed by atoms with Gasteiger partial charge < -0.3 is 4.57 Å². The van der Waals surface area contributed by atoms with Crippen molar-refractivity contribution in [2.75, 3.05) is 0 Å². The van der Waals surface area contributed by atoms with E-state index in [4.69, 9.17) is 15.0 Å². The SMILES string of the molecule is CCn1c(-c2cccc(-c3ccc4ccc5ccc(-c6ccc(-c7cc8ccccc8c8ccccc78)cc6)nc5c4n3)c2)nc2ccccc21. The van der Waals surface area contributed by atoms with Crippen LogP contribution in [0, 0.1) is 0 Å². The second-order valence-electron chi connectivity index (χ2n) is 13.1. The van der Waals surface area contributed by atoms with Crippen molar-refractivity contribution in [3.63, 3.8) is 0 Å². The molecule has 3 heterocycles. The molecule has 240 valence electrons. The summed E-state index contributed by atoms with van der Waals surface area (Å²) < 4.78 is 2.28.